The number of hydrogen-bond acceptors (Lipinski definition) is 1. The van der Waals surface area contributed by atoms with Crippen LogP contribution in [0.1, 0.15) is 33.6 Å². The first-order valence-corrected chi connectivity index (χ1v) is 3.86. The van der Waals surface area contributed by atoms with E-state index >= 15 is 0 Å². The first-order chi connectivity index (χ1) is 4.49. The van der Waals surface area contributed by atoms with Crippen LogP contribution in [0.2, 0.25) is 0 Å². The molecule has 1 unspecified atom stereocenters. The third-order valence-corrected chi connectivity index (χ3v) is 1.96. The van der Waals surface area contributed by atoms with Gasteiger partial charge in [-0.1, -0.05) is 25.5 Å². The molecule has 0 heterocycles. The molecule has 0 amide bonds. The summed E-state index contributed by atoms with van der Waals surface area (Å²) in [7, 11) is 0. The molecule has 0 saturated carbocycles. The summed E-state index contributed by atoms with van der Waals surface area (Å²) in [6.07, 6.45) is 3.92. The van der Waals surface area contributed by atoms with Gasteiger partial charge in [0.25, 0.3) is 0 Å². The van der Waals surface area contributed by atoms with E-state index in [9.17, 15) is 5.11 Å². The van der Waals surface area contributed by atoms with E-state index in [1.54, 1.807) is 0 Å². The van der Waals surface area contributed by atoms with Crippen molar-refractivity contribution in [1.82, 2.24) is 0 Å². The van der Waals surface area contributed by atoms with Crippen LogP contribution in [0, 0.1) is 5.41 Å². The van der Waals surface area contributed by atoms with Crippen LogP contribution in [0.4, 0.5) is 0 Å². The maximum Gasteiger partial charge on any atom is 0.0585 e. The van der Waals surface area contributed by atoms with Gasteiger partial charge in [0.05, 0.1) is 6.10 Å². The quantitative estimate of drug-likeness (QED) is 0.511. The molecular formula is C9H16O. The molecule has 0 aromatic rings. The van der Waals surface area contributed by atoms with E-state index < -0.39 is 0 Å². The van der Waals surface area contributed by atoms with Crippen molar-refractivity contribution in [3.05, 3.63) is 11.6 Å². The minimum absolute atomic E-state index is 0.111. The Balaban J connectivity index is 2.74. The standard InChI is InChI=1S/C9H16O/c1-7-4-8(10)6-9(2,3)5-7/h5,8,10H,4,6H2,1-3H3. The Morgan fingerprint density at radius 1 is 1.60 bits per heavy atom. The SMILES string of the molecule is CC1=CC(C)(C)CC(O)C1. The normalized spacial score (nSPS) is 31.6. The molecule has 1 nitrogen and oxygen atoms in total. The zero-order chi connectivity index (χ0) is 7.78. The van der Waals surface area contributed by atoms with Gasteiger partial charge in [0, 0.05) is 0 Å². The first-order valence-electron chi connectivity index (χ1n) is 3.86. The fourth-order valence-electron chi connectivity index (χ4n) is 1.84. The molecule has 0 aromatic heterocycles. The molecule has 1 heteroatoms. The predicted molar refractivity (Wildman–Crippen MR) is 42.8 cm³/mol. The summed E-state index contributed by atoms with van der Waals surface area (Å²) in [5.41, 5.74) is 1.53. The summed E-state index contributed by atoms with van der Waals surface area (Å²) in [4.78, 5) is 0. The van der Waals surface area contributed by atoms with Crippen molar-refractivity contribution in [2.45, 2.75) is 39.7 Å². The van der Waals surface area contributed by atoms with Gasteiger partial charge in [-0.05, 0) is 25.2 Å². The van der Waals surface area contributed by atoms with Gasteiger partial charge in [-0.3, -0.25) is 0 Å². The van der Waals surface area contributed by atoms with Gasteiger partial charge in [0.15, 0.2) is 0 Å². The van der Waals surface area contributed by atoms with Gasteiger partial charge >= 0.3 is 0 Å². The Bertz CT molecular complexity index is 156. The van der Waals surface area contributed by atoms with Crippen LogP contribution in [-0.2, 0) is 0 Å². The molecule has 1 aliphatic rings. The molecule has 0 bridgehead atoms. The second kappa shape index (κ2) is 2.39. The van der Waals surface area contributed by atoms with Crippen LogP contribution in [-0.4, -0.2) is 11.2 Å². The molecule has 0 radical (unpaired) electrons. The van der Waals surface area contributed by atoms with Crippen LogP contribution in [0.5, 0.6) is 0 Å². The molecule has 1 rings (SSSR count). The highest BCUT2D eigenvalue weighted by atomic mass is 16.3. The van der Waals surface area contributed by atoms with Crippen LogP contribution in [0.15, 0.2) is 11.6 Å². The van der Waals surface area contributed by atoms with Crippen molar-refractivity contribution >= 4 is 0 Å². The fraction of sp³-hybridized carbons (Fsp3) is 0.778. The molecule has 1 atom stereocenters. The van der Waals surface area contributed by atoms with E-state index in [1.165, 1.54) is 5.57 Å². The molecule has 0 aromatic carbocycles. The van der Waals surface area contributed by atoms with Crippen molar-refractivity contribution in [2.24, 2.45) is 5.41 Å². The third kappa shape index (κ3) is 1.84. The van der Waals surface area contributed by atoms with Crippen LogP contribution in [0.3, 0.4) is 0 Å². The van der Waals surface area contributed by atoms with Crippen molar-refractivity contribution < 1.29 is 5.11 Å². The summed E-state index contributed by atoms with van der Waals surface area (Å²) in [5.74, 6) is 0. The molecule has 0 fully saturated rings. The first kappa shape index (κ1) is 7.80. The Labute approximate surface area is 62.8 Å². The number of aliphatic hydroxyl groups is 1. The van der Waals surface area contributed by atoms with Gasteiger partial charge in [0.2, 0.25) is 0 Å². The highest BCUT2D eigenvalue weighted by Gasteiger charge is 2.24. The lowest BCUT2D eigenvalue weighted by atomic mass is 9.79. The number of rotatable bonds is 0. The lowest BCUT2D eigenvalue weighted by Crippen LogP contribution is -2.23. The van der Waals surface area contributed by atoms with Crippen molar-refractivity contribution in [1.29, 1.82) is 0 Å². The van der Waals surface area contributed by atoms with Crippen molar-refractivity contribution in [2.75, 3.05) is 0 Å². The Morgan fingerprint density at radius 3 is 2.60 bits per heavy atom. The number of hydrogen-bond donors (Lipinski definition) is 1. The molecule has 1 N–H and O–H groups in total. The molecule has 0 aliphatic heterocycles. The maximum absolute atomic E-state index is 9.37. The second-order valence-corrected chi connectivity index (χ2v) is 4.04. The summed E-state index contributed by atoms with van der Waals surface area (Å²) in [6, 6.07) is 0. The highest BCUT2D eigenvalue weighted by molar-refractivity contribution is 5.11. The maximum atomic E-state index is 9.37. The lowest BCUT2D eigenvalue weighted by Gasteiger charge is -2.29. The summed E-state index contributed by atoms with van der Waals surface area (Å²) in [6.45, 7) is 6.42. The fourth-order valence-corrected chi connectivity index (χ4v) is 1.84. The Morgan fingerprint density at radius 2 is 2.20 bits per heavy atom. The Kier molecular flexibility index (Phi) is 1.86. The molecule has 0 spiro atoms. The minimum Gasteiger partial charge on any atom is -0.393 e. The van der Waals surface area contributed by atoms with E-state index in [4.69, 9.17) is 0 Å². The summed E-state index contributed by atoms with van der Waals surface area (Å²) in [5, 5.41) is 9.37. The second-order valence-electron chi connectivity index (χ2n) is 4.04. The minimum atomic E-state index is -0.111. The zero-order valence-corrected chi connectivity index (χ0v) is 7.02. The van der Waals surface area contributed by atoms with Gasteiger partial charge in [-0.15, -0.1) is 0 Å². The van der Waals surface area contributed by atoms with Crippen molar-refractivity contribution in [3.8, 4) is 0 Å². The zero-order valence-electron chi connectivity index (χ0n) is 7.02. The van der Waals surface area contributed by atoms with Gasteiger partial charge in [-0.2, -0.15) is 0 Å². The van der Waals surface area contributed by atoms with Crippen molar-refractivity contribution in [3.63, 3.8) is 0 Å². The number of aliphatic hydroxyl groups excluding tert-OH is 1. The largest absolute Gasteiger partial charge is 0.393 e. The molecule has 58 valence electrons. The summed E-state index contributed by atoms with van der Waals surface area (Å²) < 4.78 is 0. The van der Waals surface area contributed by atoms with Crippen LogP contribution >= 0.6 is 0 Å². The third-order valence-electron chi connectivity index (χ3n) is 1.96. The highest BCUT2D eigenvalue weighted by Crippen LogP contribution is 2.32. The van der Waals surface area contributed by atoms with Crippen LogP contribution in [0.25, 0.3) is 0 Å². The molecule has 1 aliphatic carbocycles. The van der Waals surface area contributed by atoms with Gasteiger partial charge < -0.3 is 5.11 Å². The van der Waals surface area contributed by atoms with E-state index in [1.807, 2.05) is 0 Å². The molecular weight excluding hydrogens is 124 g/mol. The monoisotopic (exact) mass is 140 g/mol. The topological polar surface area (TPSA) is 20.2 Å². The smallest absolute Gasteiger partial charge is 0.0585 e. The van der Waals surface area contributed by atoms with E-state index in [0.29, 0.717) is 0 Å². The van der Waals surface area contributed by atoms with E-state index in [2.05, 4.69) is 26.8 Å². The molecule has 0 saturated heterocycles. The molecule has 10 heavy (non-hydrogen) atoms. The summed E-state index contributed by atoms with van der Waals surface area (Å²) >= 11 is 0. The predicted octanol–water partition coefficient (Wildman–Crippen LogP) is 2.11. The number of allylic oxidation sites excluding steroid dienone is 1. The average Bonchev–Trinajstić information content (AvgIpc) is 1.54. The Hall–Kier alpha value is -0.300. The average molecular weight is 140 g/mol. The van der Waals surface area contributed by atoms with Crippen LogP contribution < -0.4 is 0 Å². The van der Waals surface area contributed by atoms with E-state index in [0.717, 1.165) is 12.8 Å². The lowest BCUT2D eigenvalue weighted by molar-refractivity contribution is 0.121. The van der Waals surface area contributed by atoms with Gasteiger partial charge in [-0.25, -0.2) is 0 Å². The van der Waals surface area contributed by atoms with Gasteiger partial charge in [0.1, 0.15) is 0 Å². The van der Waals surface area contributed by atoms with E-state index in [-0.39, 0.29) is 11.5 Å².